The predicted molar refractivity (Wildman–Crippen MR) is 98.5 cm³/mol. The molecule has 0 aliphatic heterocycles. The van der Waals surface area contributed by atoms with Gasteiger partial charge >= 0.3 is 0 Å². The number of halogens is 1. The molecule has 1 aromatic heterocycles. The molecule has 1 aromatic carbocycles. The average molecular weight is 365 g/mol. The summed E-state index contributed by atoms with van der Waals surface area (Å²) in [5.74, 6) is -0.170. The number of aromatic nitrogens is 2. The smallest absolute Gasteiger partial charge is 0.265 e. The van der Waals surface area contributed by atoms with Crippen LogP contribution in [0, 0.1) is 27.3 Å². The van der Waals surface area contributed by atoms with Crippen LogP contribution in [-0.4, -0.2) is 14.9 Å². The number of nitrogens with zero attached hydrogens (tertiary/aromatic N) is 4. The number of allylic oxidation sites excluding steroid dienone is 3. The Morgan fingerprint density at radius 3 is 2.52 bits per heavy atom. The van der Waals surface area contributed by atoms with Gasteiger partial charge in [-0.1, -0.05) is 30.9 Å². The highest BCUT2D eigenvalue weighted by Gasteiger charge is 2.21. The molecule has 0 saturated carbocycles. The van der Waals surface area contributed by atoms with Crippen molar-refractivity contribution < 1.29 is 9.31 Å². The minimum Gasteiger partial charge on any atom is -0.347 e. The molecule has 1 unspecified atom stereocenters. The summed E-state index contributed by atoms with van der Waals surface area (Å²) in [5.41, 5.74) is 1.07. The van der Waals surface area contributed by atoms with E-state index < -0.39 is 16.8 Å². The number of anilines is 1. The predicted octanol–water partition coefficient (Wildman–Crippen LogP) is 3.93. The van der Waals surface area contributed by atoms with Crippen molar-refractivity contribution in [2.24, 2.45) is 0 Å². The number of nitro groups is 1. The molecule has 0 radical (unpaired) electrons. The Hall–Kier alpha value is -3.86. The Kier molecular flexibility index (Phi) is 6.49. The van der Waals surface area contributed by atoms with Crippen LogP contribution in [0.5, 0.6) is 0 Å². The molecule has 0 bridgehead atoms. The first-order valence-electron chi connectivity index (χ1n) is 7.84. The van der Waals surface area contributed by atoms with Crippen molar-refractivity contribution in [3.63, 3.8) is 0 Å². The maximum atomic E-state index is 13.3. The fraction of sp³-hybridized carbons (Fsp3) is 0.105. The van der Waals surface area contributed by atoms with Crippen LogP contribution in [0.3, 0.4) is 0 Å². The van der Waals surface area contributed by atoms with Gasteiger partial charge in [-0.2, -0.15) is 5.26 Å². The molecule has 0 aliphatic rings. The third kappa shape index (κ3) is 5.31. The highest BCUT2D eigenvalue weighted by molar-refractivity contribution is 5.38. The molecular formula is C19H16FN5O2. The number of hydrogen-bond acceptors (Lipinski definition) is 6. The van der Waals surface area contributed by atoms with Crippen LogP contribution in [0.25, 0.3) is 0 Å². The van der Waals surface area contributed by atoms with Gasteiger partial charge in [-0.3, -0.25) is 10.1 Å². The van der Waals surface area contributed by atoms with Crippen LogP contribution < -0.4 is 5.32 Å². The van der Waals surface area contributed by atoms with Crippen molar-refractivity contribution in [1.82, 2.24) is 9.97 Å². The standard InChI is InChI=1S/C19H16FN5O2/c1-3-4-16(13(2)25(26)27)9-18(15-5-7-17(20)8-6-15)24-19-22-11-14(10-21)12-23-19/h3-8,11-12,18H,1-2,9H2,(H,22,23,24)/b16-4-. The summed E-state index contributed by atoms with van der Waals surface area (Å²) in [5, 5.41) is 23.0. The van der Waals surface area contributed by atoms with Gasteiger partial charge in [-0.25, -0.2) is 14.4 Å². The largest absolute Gasteiger partial charge is 0.347 e. The summed E-state index contributed by atoms with van der Waals surface area (Å²) in [4.78, 5) is 18.6. The maximum Gasteiger partial charge on any atom is 0.265 e. The summed E-state index contributed by atoms with van der Waals surface area (Å²) in [6.45, 7) is 7.07. The molecule has 0 saturated heterocycles. The fourth-order valence-electron chi connectivity index (χ4n) is 2.32. The molecule has 2 aromatic rings. The summed E-state index contributed by atoms with van der Waals surface area (Å²) < 4.78 is 13.3. The maximum absolute atomic E-state index is 13.3. The summed E-state index contributed by atoms with van der Waals surface area (Å²) in [6, 6.07) is 7.14. The second-order valence-electron chi connectivity index (χ2n) is 5.49. The first-order chi connectivity index (χ1) is 12.9. The van der Waals surface area contributed by atoms with Gasteiger partial charge < -0.3 is 5.32 Å². The van der Waals surface area contributed by atoms with Gasteiger partial charge in [0, 0.05) is 12.0 Å². The molecule has 8 heteroatoms. The Balaban J connectivity index is 2.36. The van der Waals surface area contributed by atoms with E-state index in [1.807, 2.05) is 6.07 Å². The van der Waals surface area contributed by atoms with E-state index in [0.29, 0.717) is 16.7 Å². The lowest BCUT2D eigenvalue weighted by Gasteiger charge is -2.20. The van der Waals surface area contributed by atoms with E-state index in [1.54, 1.807) is 12.1 Å². The topological polar surface area (TPSA) is 105 Å². The molecule has 7 nitrogen and oxygen atoms in total. The Labute approximate surface area is 155 Å². The molecule has 0 aliphatic carbocycles. The Bertz CT molecular complexity index is 915. The highest BCUT2D eigenvalue weighted by atomic mass is 19.1. The summed E-state index contributed by atoms with van der Waals surface area (Å²) >= 11 is 0. The Morgan fingerprint density at radius 2 is 2.00 bits per heavy atom. The molecule has 0 spiro atoms. The normalized spacial score (nSPS) is 11.9. The van der Waals surface area contributed by atoms with Gasteiger partial charge in [0.15, 0.2) is 0 Å². The van der Waals surface area contributed by atoms with Gasteiger partial charge in [0.2, 0.25) is 5.95 Å². The number of nitrogens with one attached hydrogen (secondary N) is 1. The number of nitriles is 1. The molecular weight excluding hydrogens is 349 g/mol. The molecule has 1 atom stereocenters. The van der Waals surface area contributed by atoms with E-state index in [-0.39, 0.29) is 18.1 Å². The van der Waals surface area contributed by atoms with Gasteiger partial charge in [-0.05, 0) is 24.3 Å². The second kappa shape index (κ2) is 9.01. The minimum absolute atomic E-state index is 0.167. The first kappa shape index (κ1) is 19.5. The van der Waals surface area contributed by atoms with Crippen LogP contribution in [0.4, 0.5) is 10.3 Å². The third-order valence-electron chi connectivity index (χ3n) is 3.69. The lowest BCUT2D eigenvalue weighted by atomic mass is 9.97. The zero-order valence-corrected chi connectivity index (χ0v) is 14.3. The van der Waals surface area contributed by atoms with Crippen LogP contribution in [-0.2, 0) is 0 Å². The average Bonchev–Trinajstić information content (AvgIpc) is 2.67. The first-order valence-corrected chi connectivity index (χ1v) is 7.84. The number of hydrogen-bond donors (Lipinski definition) is 1. The van der Waals surface area contributed by atoms with Crippen molar-refractivity contribution in [1.29, 1.82) is 5.26 Å². The van der Waals surface area contributed by atoms with Crippen LogP contribution >= 0.6 is 0 Å². The van der Waals surface area contributed by atoms with E-state index in [4.69, 9.17) is 5.26 Å². The molecule has 27 heavy (non-hydrogen) atoms. The van der Waals surface area contributed by atoms with Crippen LogP contribution in [0.1, 0.15) is 23.6 Å². The van der Waals surface area contributed by atoms with Crippen LogP contribution in [0.15, 0.2) is 73.2 Å². The van der Waals surface area contributed by atoms with Crippen molar-refractivity contribution >= 4 is 5.95 Å². The monoisotopic (exact) mass is 365 g/mol. The number of benzene rings is 1. The molecule has 1 heterocycles. The quantitative estimate of drug-likeness (QED) is 0.432. The van der Waals surface area contributed by atoms with Gasteiger partial charge in [0.25, 0.3) is 5.70 Å². The van der Waals surface area contributed by atoms with Gasteiger partial charge in [0.1, 0.15) is 11.9 Å². The zero-order chi connectivity index (χ0) is 19.8. The van der Waals surface area contributed by atoms with E-state index in [2.05, 4.69) is 28.4 Å². The van der Waals surface area contributed by atoms with Crippen molar-refractivity contribution in [3.8, 4) is 6.07 Å². The van der Waals surface area contributed by atoms with Crippen molar-refractivity contribution in [2.45, 2.75) is 12.5 Å². The summed E-state index contributed by atoms with van der Waals surface area (Å²) in [6.07, 6.45) is 5.81. The molecule has 0 amide bonds. The third-order valence-corrected chi connectivity index (χ3v) is 3.69. The zero-order valence-electron chi connectivity index (χ0n) is 14.3. The highest BCUT2D eigenvalue weighted by Crippen LogP contribution is 2.28. The lowest BCUT2D eigenvalue weighted by molar-refractivity contribution is -0.420. The summed E-state index contributed by atoms with van der Waals surface area (Å²) in [7, 11) is 0. The SMILES string of the molecule is C=C/C=C(/CC(Nc1ncc(C#N)cn1)c1ccc(F)cc1)C(=C)[N+](=O)[O-]. The van der Waals surface area contributed by atoms with Crippen molar-refractivity contribution in [2.75, 3.05) is 5.32 Å². The molecule has 2 rings (SSSR count). The van der Waals surface area contributed by atoms with E-state index >= 15 is 0 Å². The van der Waals surface area contributed by atoms with E-state index in [1.165, 1.54) is 36.7 Å². The van der Waals surface area contributed by atoms with E-state index in [0.717, 1.165) is 0 Å². The second-order valence-corrected chi connectivity index (χ2v) is 5.49. The van der Waals surface area contributed by atoms with E-state index in [9.17, 15) is 14.5 Å². The lowest BCUT2D eigenvalue weighted by Crippen LogP contribution is -2.15. The molecule has 136 valence electrons. The molecule has 1 N–H and O–H groups in total. The molecule has 0 fully saturated rings. The fourth-order valence-corrected chi connectivity index (χ4v) is 2.32. The van der Waals surface area contributed by atoms with Crippen LogP contribution in [0.2, 0.25) is 0 Å². The van der Waals surface area contributed by atoms with Gasteiger partial charge in [-0.15, -0.1) is 0 Å². The number of rotatable bonds is 8. The Morgan fingerprint density at radius 1 is 1.37 bits per heavy atom. The van der Waals surface area contributed by atoms with Gasteiger partial charge in [0.05, 0.1) is 28.9 Å². The minimum atomic E-state index is -0.574. The van der Waals surface area contributed by atoms with Crippen molar-refractivity contribution in [3.05, 3.63) is 100 Å².